The molecule has 33 heavy (non-hydrogen) atoms. The van der Waals surface area contributed by atoms with Gasteiger partial charge in [0.1, 0.15) is 17.1 Å². The van der Waals surface area contributed by atoms with E-state index in [0.717, 1.165) is 37.3 Å². The van der Waals surface area contributed by atoms with Crippen LogP contribution in [0.4, 0.5) is 5.82 Å². The van der Waals surface area contributed by atoms with Crippen LogP contribution in [-0.4, -0.2) is 46.1 Å². The Morgan fingerprint density at radius 3 is 2.85 bits per heavy atom. The molecule has 4 rings (SSSR count). The number of nitrogens with two attached hydrogens (primary N) is 1. The van der Waals surface area contributed by atoms with E-state index in [1.54, 1.807) is 31.4 Å². The lowest BCUT2D eigenvalue weighted by atomic mass is 10.1. The van der Waals surface area contributed by atoms with Crippen LogP contribution < -0.4 is 20.9 Å². The fraction of sp³-hybridized carbons (Fsp3) is 0.400. The number of nitrogens with zero attached hydrogens (tertiary/aromatic N) is 4. The largest absolute Gasteiger partial charge is 0.497 e. The highest BCUT2D eigenvalue weighted by atomic mass is 16.5. The summed E-state index contributed by atoms with van der Waals surface area (Å²) >= 11 is 0. The molecule has 2 aromatic heterocycles. The summed E-state index contributed by atoms with van der Waals surface area (Å²) in [5, 5.41) is 0. The van der Waals surface area contributed by atoms with E-state index in [0.29, 0.717) is 28.9 Å². The number of rotatable bonds is 7. The normalized spacial score (nSPS) is 16.1. The van der Waals surface area contributed by atoms with Gasteiger partial charge in [-0.15, -0.1) is 0 Å². The average Bonchev–Trinajstić information content (AvgIpc) is 3.19. The summed E-state index contributed by atoms with van der Waals surface area (Å²) in [7, 11) is 1.55. The summed E-state index contributed by atoms with van der Waals surface area (Å²) < 4.78 is 8.60. The first-order valence-corrected chi connectivity index (χ1v) is 11.3. The van der Waals surface area contributed by atoms with E-state index in [9.17, 15) is 9.59 Å². The molecule has 2 N–H and O–H groups in total. The number of hydrogen-bond donors (Lipinski definition) is 1. The highest BCUT2D eigenvalue weighted by molar-refractivity contribution is 5.96. The molecule has 1 aromatic carbocycles. The van der Waals surface area contributed by atoms with Gasteiger partial charge in [0.05, 0.1) is 25.5 Å². The summed E-state index contributed by atoms with van der Waals surface area (Å²) in [4.78, 5) is 33.2. The summed E-state index contributed by atoms with van der Waals surface area (Å²) in [6.07, 6.45) is 5.56. The molecule has 1 saturated heterocycles. The molecule has 0 bridgehead atoms. The minimum absolute atomic E-state index is 0.0906. The number of Topliss-reactive ketones (excluding diaryl/α,β-unsaturated/α-hetero) is 1. The first-order valence-electron chi connectivity index (χ1n) is 11.3. The molecular formula is C25H31N5O3. The molecule has 174 valence electrons. The fourth-order valence-corrected chi connectivity index (χ4v) is 4.26. The Bertz CT molecular complexity index is 1250. The van der Waals surface area contributed by atoms with Crippen molar-refractivity contribution < 1.29 is 9.53 Å². The van der Waals surface area contributed by atoms with Gasteiger partial charge in [-0.3, -0.25) is 14.2 Å². The van der Waals surface area contributed by atoms with Gasteiger partial charge < -0.3 is 19.9 Å². The van der Waals surface area contributed by atoms with Crippen molar-refractivity contribution in [1.82, 2.24) is 14.1 Å². The molecular weight excluding hydrogens is 418 g/mol. The number of carbonyl (C=O) groups is 1. The van der Waals surface area contributed by atoms with E-state index in [1.807, 2.05) is 24.5 Å². The number of allylic oxidation sites excluding steroid dienone is 2. The molecule has 1 aliphatic rings. The van der Waals surface area contributed by atoms with Crippen LogP contribution in [0, 0.1) is 0 Å². The number of anilines is 1. The molecule has 8 nitrogen and oxygen atoms in total. The average molecular weight is 450 g/mol. The van der Waals surface area contributed by atoms with Gasteiger partial charge >= 0.3 is 0 Å². The predicted octanol–water partition coefficient (Wildman–Crippen LogP) is 2.98. The number of fused-ring (bicyclic) bond motifs is 1. The molecule has 0 unspecified atom stereocenters. The Morgan fingerprint density at radius 2 is 2.12 bits per heavy atom. The monoisotopic (exact) mass is 449 g/mol. The number of methoxy groups -OCH3 is 1. The Kier molecular flexibility index (Phi) is 6.65. The van der Waals surface area contributed by atoms with Crippen LogP contribution >= 0.6 is 0 Å². The number of ketones is 1. The van der Waals surface area contributed by atoms with Crippen LogP contribution in [0.2, 0.25) is 0 Å². The predicted molar refractivity (Wildman–Crippen MR) is 130 cm³/mol. The Balaban J connectivity index is 1.75. The van der Waals surface area contributed by atoms with Gasteiger partial charge in [-0.05, 0) is 38.8 Å². The number of ether oxygens (including phenoxy) is 1. The highest BCUT2D eigenvalue weighted by Gasteiger charge is 2.23. The molecule has 1 fully saturated rings. The van der Waals surface area contributed by atoms with Gasteiger partial charge in [-0.25, -0.2) is 4.98 Å². The molecule has 3 heterocycles. The second kappa shape index (κ2) is 9.62. The van der Waals surface area contributed by atoms with Crippen LogP contribution in [0.3, 0.4) is 0 Å². The van der Waals surface area contributed by atoms with E-state index in [1.165, 1.54) is 10.9 Å². The van der Waals surface area contributed by atoms with Crippen molar-refractivity contribution in [2.75, 3.05) is 25.1 Å². The number of carbonyl (C=O) groups excluding carboxylic acids is 1. The Labute approximate surface area is 193 Å². The van der Waals surface area contributed by atoms with Crippen molar-refractivity contribution in [3.05, 3.63) is 64.2 Å². The molecule has 8 heteroatoms. The topological polar surface area (TPSA) is 95.4 Å². The lowest BCUT2D eigenvalue weighted by Crippen LogP contribution is -2.43. The standard InChI is InChI=1S/C25H31N5O3/c1-17(2)9-11-30-23(28-10-5-7-19(26)14-28)13-21-24(30)25(32)29(16-27-21)15-22(31)18-6-4-8-20(12-18)33-3/h4,6,8-9,12-13,16,19H,5,7,10-11,14-15,26H2,1-3H3/t19-/m1/s1. The molecule has 1 atom stereocenters. The van der Waals surface area contributed by atoms with E-state index >= 15 is 0 Å². The van der Waals surface area contributed by atoms with Crippen molar-refractivity contribution in [2.45, 2.75) is 45.8 Å². The molecule has 0 radical (unpaired) electrons. The second-order valence-electron chi connectivity index (χ2n) is 8.81. The highest BCUT2D eigenvalue weighted by Crippen LogP contribution is 2.26. The lowest BCUT2D eigenvalue weighted by Gasteiger charge is -2.33. The van der Waals surface area contributed by atoms with Crippen LogP contribution in [0.5, 0.6) is 5.75 Å². The van der Waals surface area contributed by atoms with E-state index in [2.05, 4.69) is 16.0 Å². The molecule has 1 aliphatic heterocycles. The maximum Gasteiger partial charge on any atom is 0.278 e. The van der Waals surface area contributed by atoms with Gasteiger partial charge in [0.25, 0.3) is 5.56 Å². The van der Waals surface area contributed by atoms with Gasteiger partial charge in [0.2, 0.25) is 0 Å². The third kappa shape index (κ3) is 4.85. The zero-order valence-electron chi connectivity index (χ0n) is 19.5. The van der Waals surface area contributed by atoms with E-state index in [4.69, 9.17) is 10.5 Å². The van der Waals surface area contributed by atoms with Gasteiger partial charge in [-0.2, -0.15) is 0 Å². The number of hydrogen-bond acceptors (Lipinski definition) is 6. The van der Waals surface area contributed by atoms with Crippen molar-refractivity contribution in [2.24, 2.45) is 5.73 Å². The van der Waals surface area contributed by atoms with E-state index in [-0.39, 0.29) is 23.9 Å². The summed E-state index contributed by atoms with van der Waals surface area (Å²) in [5.41, 5.74) is 8.77. The summed E-state index contributed by atoms with van der Waals surface area (Å²) in [6.45, 7) is 6.16. The number of aromatic nitrogens is 3. The smallest absolute Gasteiger partial charge is 0.278 e. The van der Waals surface area contributed by atoms with Crippen LogP contribution in [0.1, 0.15) is 37.0 Å². The quantitative estimate of drug-likeness (QED) is 0.440. The van der Waals surface area contributed by atoms with Crippen molar-refractivity contribution in [3.63, 3.8) is 0 Å². The SMILES string of the molecule is COc1cccc(C(=O)Cn2cnc3cc(N4CCC[C@@H](N)C4)n(CC=C(C)C)c3c2=O)c1. The zero-order valence-corrected chi connectivity index (χ0v) is 19.5. The molecule has 0 spiro atoms. The number of piperidine rings is 1. The summed E-state index contributed by atoms with van der Waals surface area (Å²) in [6, 6.07) is 9.00. The lowest BCUT2D eigenvalue weighted by molar-refractivity contribution is 0.0970. The third-order valence-corrected chi connectivity index (χ3v) is 6.02. The zero-order chi connectivity index (χ0) is 23.5. The number of benzene rings is 1. The maximum atomic E-state index is 13.5. The summed E-state index contributed by atoms with van der Waals surface area (Å²) in [5.74, 6) is 1.36. The Morgan fingerprint density at radius 1 is 1.30 bits per heavy atom. The molecule has 0 aliphatic carbocycles. The van der Waals surface area contributed by atoms with Gasteiger partial charge in [-0.1, -0.05) is 23.8 Å². The molecule has 0 saturated carbocycles. The Hall–Kier alpha value is -3.39. The maximum absolute atomic E-state index is 13.5. The third-order valence-electron chi connectivity index (χ3n) is 6.02. The molecule has 3 aromatic rings. The second-order valence-corrected chi connectivity index (χ2v) is 8.81. The minimum Gasteiger partial charge on any atom is -0.497 e. The van der Waals surface area contributed by atoms with Crippen molar-refractivity contribution >= 4 is 22.6 Å². The first kappa shape index (κ1) is 22.8. The van der Waals surface area contributed by atoms with E-state index < -0.39 is 0 Å². The van der Waals surface area contributed by atoms with Gasteiger partial charge in [0, 0.05) is 37.3 Å². The van der Waals surface area contributed by atoms with Crippen LogP contribution in [0.25, 0.3) is 11.0 Å². The fourth-order valence-electron chi connectivity index (χ4n) is 4.26. The first-order chi connectivity index (χ1) is 15.9. The minimum atomic E-state index is -0.231. The van der Waals surface area contributed by atoms with Crippen molar-refractivity contribution in [1.29, 1.82) is 0 Å². The van der Waals surface area contributed by atoms with Crippen LogP contribution in [0.15, 0.2) is 53.1 Å². The van der Waals surface area contributed by atoms with Crippen molar-refractivity contribution in [3.8, 4) is 5.75 Å². The molecule has 0 amide bonds. The van der Waals surface area contributed by atoms with Gasteiger partial charge in [0.15, 0.2) is 5.78 Å². The van der Waals surface area contributed by atoms with Crippen LogP contribution in [-0.2, 0) is 13.1 Å².